The molecule has 4 rings (SSSR count). The minimum Gasteiger partial charge on any atom is -0.325 e. The Morgan fingerprint density at radius 1 is 1.19 bits per heavy atom. The summed E-state index contributed by atoms with van der Waals surface area (Å²) in [6, 6.07) is 11.8. The Kier molecular flexibility index (Phi) is 5.98. The maximum Gasteiger partial charge on any atom is 0.325 e. The van der Waals surface area contributed by atoms with Crippen LogP contribution < -0.4 is 10.6 Å². The van der Waals surface area contributed by atoms with Crippen LogP contribution in [0.25, 0.3) is 0 Å². The highest BCUT2D eigenvalue weighted by molar-refractivity contribution is 8.01. The molecule has 1 aliphatic heterocycles. The lowest BCUT2D eigenvalue weighted by molar-refractivity contribution is -0.133. The fraction of sp³-hybridized carbons (Fsp3) is 0.182. The summed E-state index contributed by atoms with van der Waals surface area (Å²) in [4.78, 5) is 44.0. The van der Waals surface area contributed by atoms with Crippen molar-refractivity contribution in [2.45, 2.75) is 28.6 Å². The highest BCUT2D eigenvalue weighted by atomic mass is 32.2. The topological polar surface area (TPSA) is 91.4 Å². The molecule has 0 radical (unpaired) electrons. The SMILES string of the molecule is Cc1csc(Sc2ccc(NC(=O)CN3C(=O)NC(C)(c4ccc(F)cc4)C3=O)cc2)n1. The molecular weight excluding hydrogens is 451 g/mol. The van der Waals surface area contributed by atoms with Crippen LogP contribution in [0.3, 0.4) is 0 Å². The second-order valence-electron chi connectivity index (χ2n) is 7.38. The van der Waals surface area contributed by atoms with Crippen molar-refractivity contribution in [3.05, 3.63) is 71.0 Å². The molecular formula is C22H19FN4O3S2. The van der Waals surface area contributed by atoms with Crippen molar-refractivity contribution in [3.8, 4) is 0 Å². The van der Waals surface area contributed by atoms with Gasteiger partial charge >= 0.3 is 6.03 Å². The van der Waals surface area contributed by atoms with Crippen LogP contribution in [0.1, 0.15) is 18.2 Å². The number of urea groups is 1. The molecule has 1 atom stereocenters. The minimum atomic E-state index is -1.36. The molecule has 2 heterocycles. The van der Waals surface area contributed by atoms with Gasteiger partial charge in [0.05, 0.1) is 0 Å². The average molecular weight is 471 g/mol. The number of nitrogens with one attached hydrogen (secondary N) is 2. The van der Waals surface area contributed by atoms with Crippen LogP contribution in [0.15, 0.2) is 63.1 Å². The first-order valence-corrected chi connectivity index (χ1v) is 11.3. The summed E-state index contributed by atoms with van der Waals surface area (Å²) < 4.78 is 14.2. The lowest BCUT2D eigenvalue weighted by atomic mass is 9.92. The fourth-order valence-corrected chi connectivity index (χ4v) is 5.06. The maximum absolute atomic E-state index is 13.2. The van der Waals surface area contributed by atoms with E-state index in [1.54, 1.807) is 23.5 Å². The number of hydrogen-bond donors (Lipinski definition) is 2. The van der Waals surface area contributed by atoms with Gasteiger partial charge in [0.15, 0.2) is 4.34 Å². The lowest BCUT2D eigenvalue weighted by Gasteiger charge is -2.22. The van der Waals surface area contributed by atoms with Gasteiger partial charge in [-0.1, -0.05) is 23.9 Å². The van der Waals surface area contributed by atoms with Gasteiger partial charge in [0, 0.05) is 21.7 Å². The van der Waals surface area contributed by atoms with E-state index in [9.17, 15) is 18.8 Å². The van der Waals surface area contributed by atoms with Gasteiger partial charge in [-0.05, 0) is 55.8 Å². The molecule has 3 aromatic rings. The second-order valence-corrected chi connectivity index (χ2v) is 9.56. The highest BCUT2D eigenvalue weighted by Crippen LogP contribution is 2.31. The van der Waals surface area contributed by atoms with Crippen molar-refractivity contribution in [1.29, 1.82) is 0 Å². The van der Waals surface area contributed by atoms with Crippen LogP contribution in [-0.2, 0) is 15.1 Å². The van der Waals surface area contributed by atoms with Crippen molar-refractivity contribution in [1.82, 2.24) is 15.2 Å². The molecule has 2 N–H and O–H groups in total. The third-order valence-corrected chi connectivity index (χ3v) is 7.00. The quantitative estimate of drug-likeness (QED) is 0.528. The zero-order chi connectivity index (χ0) is 22.9. The zero-order valence-electron chi connectivity index (χ0n) is 17.2. The molecule has 4 amide bonds. The predicted molar refractivity (Wildman–Crippen MR) is 120 cm³/mol. The first-order chi connectivity index (χ1) is 15.2. The molecule has 10 heteroatoms. The monoisotopic (exact) mass is 470 g/mol. The van der Waals surface area contributed by atoms with Crippen LogP contribution in [0, 0.1) is 12.7 Å². The van der Waals surface area contributed by atoms with E-state index >= 15 is 0 Å². The Hall–Kier alpha value is -3.24. The first kappa shape index (κ1) is 22.0. The van der Waals surface area contributed by atoms with Gasteiger partial charge in [0.25, 0.3) is 5.91 Å². The third-order valence-electron chi connectivity index (χ3n) is 4.94. The van der Waals surface area contributed by atoms with Gasteiger partial charge in [0.2, 0.25) is 5.91 Å². The number of hydrogen-bond acceptors (Lipinski definition) is 6. The minimum absolute atomic E-state index is 0.434. The summed E-state index contributed by atoms with van der Waals surface area (Å²) in [5, 5.41) is 7.27. The van der Waals surface area contributed by atoms with Gasteiger partial charge in [0.1, 0.15) is 17.9 Å². The van der Waals surface area contributed by atoms with Gasteiger partial charge in [-0.3, -0.25) is 14.5 Å². The Bertz CT molecular complexity index is 1180. The Morgan fingerprint density at radius 2 is 1.88 bits per heavy atom. The molecule has 1 aromatic heterocycles. The van der Waals surface area contributed by atoms with E-state index in [-0.39, 0.29) is 0 Å². The zero-order valence-corrected chi connectivity index (χ0v) is 18.8. The fourth-order valence-electron chi connectivity index (χ4n) is 3.25. The Morgan fingerprint density at radius 3 is 2.50 bits per heavy atom. The summed E-state index contributed by atoms with van der Waals surface area (Å²) in [6.45, 7) is 3.03. The van der Waals surface area contributed by atoms with E-state index in [1.165, 1.54) is 43.0 Å². The van der Waals surface area contributed by atoms with Gasteiger partial charge in [-0.25, -0.2) is 14.2 Å². The van der Waals surface area contributed by atoms with Crippen molar-refractivity contribution < 1.29 is 18.8 Å². The standard InChI is InChI=1S/C22H19FN4O3S2/c1-13-12-31-21(24-13)32-17-9-7-16(8-10-17)25-18(28)11-27-19(29)22(2,26-20(27)30)14-3-5-15(23)6-4-14/h3-10,12H,11H2,1-2H3,(H,25,28)(H,26,30). The van der Waals surface area contributed by atoms with Crippen LogP contribution >= 0.6 is 23.1 Å². The number of thiazole rings is 1. The maximum atomic E-state index is 13.2. The van der Waals surface area contributed by atoms with E-state index in [4.69, 9.17) is 0 Å². The normalized spacial score (nSPS) is 18.0. The third kappa shape index (κ3) is 4.51. The van der Waals surface area contributed by atoms with E-state index in [1.807, 2.05) is 24.4 Å². The summed E-state index contributed by atoms with van der Waals surface area (Å²) in [5.41, 5.74) is 0.585. The van der Waals surface area contributed by atoms with Crippen LogP contribution in [0.5, 0.6) is 0 Å². The van der Waals surface area contributed by atoms with Crippen LogP contribution in [-0.4, -0.2) is 34.3 Å². The summed E-state index contributed by atoms with van der Waals surface area (Å²) in [6.07, 6.45) is 0. The second kappa shape index (κ2) is 8.71. The number of carbonyl (C=O) groups is 3. The number of carbonyl (C=O) groups excluding carboxylic acids is 3. The van der Waals surface area contributed by atoms with Gasteiger partial charge < -0.3 is 10.6 Å². The summed E-state index contributed by atoms with van der Waals surface area (Å²) >= 11 is 3.09. The number of halogens is 1. The molecule has 32 heavy (non-hydrogen) atoms. The molecule has 0 bridgehead atoms. The van der Waals surface area contributed by atoms with Crippen LogP contribution in [0.2, 0.25) is 0 Å². The molecule has 0 saturated carbocycles. The molecule has 1 saturated heterocycles. The number of aryl methyl sites for hydroxylation is 1. The van der Waals surface area contributed by atoms with Gasteiger partial charge in [-0.15, -0.1) is 11.3 Å². The van der Waals surface area contributed by atoms with E-state index < -0.39 is 35.7 Å². The Balaban J connectivity index is 1.38. The first-order valence-electron chi connectivity index (χ1n) is 9.65. The van der Waals surface area contributed by atoms with Crippen molar-refractivity contribution in [2.24, 2.45) is 0 Å². The smallest absolute Gasteiger partial charge is 0.325 e. The molecule has 164 valence electrons. The number of rotatable bonds is 6. The molecule has 1 aliphatic rings. The van der Waals surface area contributed by atoms with Crippen molar-refractivity contribution in [3.63, 3.8) is 0 Å². The molecule has 0 aliphatic carbocycles. The summed E-state index contributed by atoms with van der Waals surface area (Å²) in [5.74, 6) is -1.53. The van der Waals surface area contributed by atoms with E-state index in [0.717, 1.165) is 19.8 Å². The lowest BCUT2D eigenvalue weighted by Crippen LogP contribution is -2.42. The highest BCUT2D eigenvalue weighted by Gasteiger charge is 2.49. The molecule has 0 spiro atoms. The van der Waals surface area contributed by atoms with Gasteiger partial charge in [-0.2, -0.15) is 0 Å². The summed E-state index contributed by atoms with van der Waals surface area (Å²) in [7, 11) is 0. The van der Waals surface area contributed by atoms with Crippen molar-refractivity contribution >= 4 is 46.6 Å². The number of anilines is 1. The number of imide groups is 1. The largest absolute Gasteiger partial charge is 0.325 e. The molecule has 1 unspecified atom stereocenters. The average Bonchev–Trinajstić information content (AvgIpc) is 3.26. The van der Waals surface area contributed by atoms with Crippen LogP contribution in [0.4, 0.5) is 14.9 Å². The predicted octanol–water partition coefficient (Wildman–Crippen LogP) is 4.15. The Labute approximate surface area is 192 Å². The molecule has 2 aromatic carbocycles. The number of nitrogens with zero attached hydrogens (tertiary/aromatic N) is 2. The van der Waals surface area contributed by atoms with Crippen molar-refractivity contribution in [2.75, 3.05) is 11.9 Å². The number of amides is 4. The number of benzene rings is 2. The molecule has 7 nitrogen and oxygen atoms in total. The van der Waals surface area contributed by atoms with E-state index in [2.05, 4.69) is 15.6 Å². The molecule has 1 fully saturated rings. The number of aromatic nitrogens is 1. The van der Waals surface area contributed by atoms with E-state index in [0.29, 0.717) is 11.3 Å².